The Bertz CT molecular complexity index is 753. The topological polar surface area (TPSA) is 49.4 Å². The number of carbonyl (C=O) groups is 2. The number of nitrogens with one attached hydrogen (secondary N) is 1. The van der Waals surface area contributed by atoms with Crippen LogP contribution in [0.3, 0.4) is 0 Å². The molecule has 1 fully saturated rings. The van der Waals surface area contributed by atoms with E-state index in [0.29, 0.717) is 11.3 Å². The van der Waals surface area contributed by atoms with Crippen molar-refractivity contribution in [2.45, 2.75) is 24.7 Å². The van der Waals surface area contributed by atoms with Crippen LogP contribution >= 0.6 is 11.8 Å². The van der Waals surface area contributed by atoms with Gasteiger partial charge in [0.1, 0.15) is 0 Å². The Morgan fingerprint density at radius 1 is 1.04 bits per heavy atom. The fourth-order valence-corrected chi connectivity index (χ4v) is 3.77. The number of thioether (sulfide) groups is 1. The van der Waals surface area contributed by atoms with Gasteiger partial charge in [0.2, 0.25) is 5.91 Å². The van der Waals surface area contributed by atoms with Crippen molar-refractivity contribution in [3.8, 4) is 0 Å². The summed E-state index contributed by atoms with van der Waals surface area (Å²) in [6.45, 7) is 3.72. The zero-order valence-corrected chi connectivity index (χ0v) is 15.1. The van der Waals surface area contributed by atoms with Gasteiger partial charge in [-0.15, -0.1) is 11.8 Å². The van der Waals surface area contributed by atoms with Crippen molar-refractivity contribution in [1.29, 1.82) is 0 Å². The Hall–Kier alpha value is -2.27. The molecule has 1 saturated heterocycles. The molecule has 0 radical (unpaired) electrons. The Labute approximate surface area is 152 Å². The molecule has 0 saturated carbocycles. The Kier molecular flexibility index (Phi) is 5.76. The number of anilines is 1. The van der Waals surface area contributed by atoms with E-state index >= 15 is 0 Å². The van der Waals surface area contributed by atoms with Gasteiger partial charge in [0.15, 0.2) is 0 Å². The van der Waals surface area contributed by atoms with Crippen LogP contribution in [0.15, 0.2) is 53.4 Å². The van der Waals surface area contributed by atoms with Crippen LogP contribution in [0.1, 0.15) is 28.8 Å². The van der Waals surface area contributed by atoms with Gasteiger partial charge >= 0.3 is 0 Å². The minimum absolute atomic E-state index is 0.149. The average molecular weight is 354 g/mol. The second-order valence-electron chi connectivity index (χ2n) is 6.19. The minimum atomic E-state index is -0.152. The van der Waals surface area contributed by atoms with Crippen molar-refractivity contribution in [2.75, 3.05) is 24.2 Å². The molecule has 1 aliphatic heterocycles. The summed E-state index contributed by atoms with van der Waals surface area (Å²) in [6, 6.07) is 15.1. The SMILES string of the molecule is Cc1ccc(NC(=O)c2ccccc2SCC(=O)N2CCCC2)cc1. The van der Waals surface area contributed by atoms with E-state index in [-0.39, 0.29) is 11.8 Å². The van der Waals surface area contributed by atoms with Crippen molar-refractivity contribution in [2.24, 2.45) is 0 Å². The van der Waals surface area contributed by atoms with Crippen molar-refractivity contribution in [1.82, 2.24) is 4.90 Å². The third-order valence-electron chi connectivity index (χ3n) is 4.25. The molecule has 130 valence electrons. The normalized spacial score (nSPS) is 13.7. The highest BCUT2D eigenvalue weighted by Gasteiger charge is 2.19. The van der Waals surface area contributed by atoms with Crippen molar-refractivity contribution in [3.05, 3.63) is 59.7 Å². The Balaban J connectivity index is 1.66. The molecule has 0 atom stereocenters. The molecule has 2 aromatic rings. The van der Waals surface area contributed by atoms with Crippen molar-refractivity contribution in [3.63, 3.8) is 0 Å². The van der Waals surface area contributed by atoms with E-state index in [1.807, 2.05) is 54.3 Å². The maximum atomic E-state index is 12.6. The molecule has 5 heteroatoms. The number of benzene rings is 2. The molecule has 1 heterocycles. The van der Waals surface area contributed by atoms with Crippen LogP contribution in [0.5, 0.6) is 0 Å². The highest BCUT2D eigenvalue weighted by atomic mass is 32.2. The lowest BCUT2D eigenvalue weighted by molar-refractivity contribution is -0.127. The fraction of sp³-hybridized carbons (Fsp3) is 0.300. The fourth-order valence-electron chi connectivity index (χ4n) is 2.81. The van der Waals surface area contributed by atoms with Crippen LogP contribution in [-0.4, -0.2) is 35.6 Å². The van der Waals surface area contributed by atoms with Gasteiger partial charge in [-0.05, 0) is 44.0 Å². The first kappa shape index (κ1) is 17.5. The summed E-state index contributed by atoms with van der Waals surface area (Å²) in [5, 5.41) is 2.92. The highest BCUT2D eigenvalue weighted by Crippen LogP contribution is 2.24. The van der Waals surface area contributed by atoms with Gasteiger partial charge in [-0.25, -0.2) is 0 Å². The number of hydrogen-bond donors (Lipinski definition) is 1. The third-order valence-corrected chi connectivity index (χ3v) is 5.31. The van der Waals surface area contributed by atoms with Gasteiger partial charge in [-0.1, -0.05) is 29.8 Å². The predicted molar refractivity (Wildman–Crippen MR) is 102 cm³/mol. The van der Waals surface area contributed by atoms with Gasteiger partial charge in [0.05, 0.1) is 11.3 Å². The predicted octanol–water partition coefficient (Wildman–Crippen LogP) is 3.96. The molecule has 0 aromatic heterocycles. The molecule has 0 aliphatic carbocycles. The van der Waals surface area contributed by atoms with E-state index in [4.69, 9.17) is 0 Å². The molecular formula is C20H22N2O2S. The van der Waals surface area contributed by atoms with Gasteiger partial charge in [0, 0.05) is 23.7 Å². The van der Waals surface area contributed by atoms with Crippen LogP contribution in [-0.2, 0) is 4.79 Å². The largest absolute Gasteiger partial charge is 0.342 e. The lowest BCUT2D eigenvalue weighted by Gasteiger charge is -2.15. The summed E-state index contributed by atoms with van der Waals surface area (Å²) in [4.78, 5) is 27.6. The summed E-state index contributed by atoms with van der Waals surface area (Å²) < 4.78 is 0. The van der Waals surface area contributed by atoms with Crippen LogP contribution in [0.2, 0.25) is 0 Å². The number of nitrogens with zero attached hydrogens (tertiary/aromatic N) is 1. The molecule has 1 aliphatic rings. The lowest BCUT2D eigenvalue weighted by Crippen LogP contribution is -2.29. The number of likely N-dealkylation sites (tertiary alicyclic amines) is 1. The van der Waals surface area contributed by atoms with E-state index in [1.54, 1.807) is 6.07 Å². The van der Waals surface area contributed by atoms with Crippen molar-refractivity contribution >= 4 is 29.3 Å². The van der Waals surface area contributed by atoms with E-state index in [9.17, 15) is 9.59 Å². The van der Waals surface area contributed by atoms with E-state index in [1.165, 1.54) is 11.8 Å². The molecule has 0 spiro atoms. The Morgan fingerprint density at radius 2 is 1.72 bits per heavy atom. The molecule has 1 N–H and O–H groups in total. The molecular weight excluding hydrogens is 332 g/mol. The first-order valence-corrected chi connectivity index (χ1v) is 9.49. The number of carbonyl (C=O) groups excluding carboxylic acids is 2. The zero-order valence-electron chi connectivity index (χ0n) is 14.3. The monoisotopic (exact) mass is 354 g/mol. The lowest BCUT2D eigenvalue weighted by atomic mass is 10.2. The van der Waals surface area contributed by atoms with E-state index in [0.717, 1.165) is 42.1 Å². The summed E-state index contributed by atoms with van der Waals surface area (Å²) in [5.41, 5.74) is 2.51. The number of amides is 2. The van der Waals surface area contributed by atoms with Gasteiger partial charge < -0.3 is 10.2 Å². The molecule has 0 bridgehead atoms. The molecule has 0 unspecified atom stereocenters. The molecule has 2 amide bonds. The van der Waals surface area contributed by atoms with Gasteiger partial charge in [-0.3, -0.25) is 9.59 Å². The van der Waals surface area contributed by atoms with E-state index < -0.39 is 0 Å². The smallest absolute Gasteiger partial charge is 0.256 e. The molecule has 2 aromatic carbocycles. The summed E-state index contributed by atoms with van der Waals surface area (Å²) in [5.74, 6) is 0.367. The Morgan fingerprint density at radius 3 is 2.44 bits per heavy atom. The molecule has 4 nitrogen and oxygen atoms in total. The molecule has 3 rings (SSSR count). The number of aryl methyl sites for hydroxylation is 1. The molecule has 25 heavy (non-hydrogen) atoms. The number of hydrogen-bond acceptors (Lipinski definition) is 3. The first-order chi connectivity index (χ1) is 12.1. The first-order valence-electron chi connectivity index (χ1n) is 8.51. The summed E-state index contributed by atoms with van der Waals surface area (Å²) >= 11 is 1.43. The summed E-state index contributed by atoms with van der Waals surface area (Å²) in [6.07, 6.45) is 2.18. The van der Waals surface area contributed by atoms with Gasteiger partial charge in [-0.2, -0.15) is 0 Å². The van der Waals surface area contributed by atoms with Gasteiger partial charge in [0.25, 0.3) is 5.91 Å². The minimum Gasteiger partial charge on any atom is -0.342 e. The maximum Gasteiger partial charge on any atom is 0.256 e. The van der Waals surface area contributed by atoms with Crippen LogP contribution in [0.25, 0.3) is 0 Å². The second-order valence-corrected chi connectivity index (χ2v) is 7.21. The third kappa shape index (κ3) is 4.63. The van der Waals surface area contributed by atoms with Crippen LogP contribution in [0.4, 0.5) is 5.69 Å². The second kappa shape index (κ2) is 8.21. The standard InChI is InChI=1S/C20H22N2O2S/c1-15-8-10-16(11-9-15)21-20(24)17-6-2-3-7-18(17)25-14-19(23)22-12-4-5-13-22/h2-3,6-11H,4-5,12-14H2,1H3,(H,21,24). The van der Waals surface area contributed by atoms with Crippen molar-refractivity contribution < 1.29 is 9.59 Å². The summed E-state index contributed by atoms with van der Waals surface area (Å²) in [7, 11) is 0. The van der Waals surface area contributed by atoms with Crippen LogP contribution in [0, 0.1) is 6.92 Å². The quantitative estimate of drug-likeness (QED) is 0.827. The van der Waals surface area contributed by atoms with E-state index in [2.05, 4.69) is 5.32 Å². The maximum absolute atomic E-state index is 12.6. The number of rotatable bonds is 5. The highest BCUT2D eigenvalue weighted by molar-refractivity contribution is 8.00. The zero-order chi connectivity index (χ0) is 17.6. The average Bonchev–Trinajstić information content (AvgIpc) is 3.16. The van der Waals surface area contributed by atoms with Crippen LogP contribution < -0.4 is 5.32 Å².